The van der Waals surface area contributed by atoms with Gasteiger partial charge in [-0.15, -0.1) is 0 Å². The maximum atomic E-state index is 11.7. The van der Waals surface area contributed by atoms with Crippen LogP contribution in [0.5, 0.6) is 0 Å². The molecular weight excluding hydrogens is 238 g/mol. The molecule has 4 heteroatoms. The summed E-state index contributed by atoms with van der Waals surface area (Å²) >= 11 is 0. The molecule has 2 rings (SSSR count). The number of carbonyl (C=O) groups excluding carboxylic acids is 1. The third-order valence-corrected chi connectivity index (χ3v) is 4.45. The van der Waals surface area contributed by atoms with Crippen molar-refractivity contribution in [3.05, 3.63) is 0 Å². The lowest BCUT2D eigenvalue weighted by Crippen LogP contribution is -2.53. The third-order valence-electron chi connectivity index (χ3n) is 4.45. The summed E-state index contributed by atoms with van der Waals surface area (Å²) in [6.45, 7) is 13.4. The van der Waals surface area contributed by atoms with Crippen LogP contribution in [0, 0.1) is 11.8 Å². The lowest BCUT2D eigenvalue weighted by Gasteiger charge is -2.42. The van der Waals surface area contributed by atoms with Gasteiger partial charge in [0.25, 0.3) is 0 Å². The van der Waals surface area contributed by atoms with Crippen LogP contribution in [-0.4, -0.2) is 61.0 Å². The molecule has 0 bridgehead atoms. The highest BCUT2D eigenvalue weighted by Crippen LogP contribution is 2.19. The van der Waals surface area contributed by atoms with Gasteiger partial charge < -0.3 is 15.1 Å². The van der Waals surface area contributed by atoms with Gasteiger partial charge in [-0.25, -0.2) is 0 Å². The van der Waals surface area contributed by atoms with Crippen molar-refractivity contribution in [3.8, 4) is 0 Å². The predicted molar refractivity (Wildman–Crippen MR) is 78.0 cm³/mol. The van der Waals surface area contributed by atoms with Crippen LogP contribution in [0.15, 0.2) is 0 Å². The van der Waals surface area contributed by atoms with E-state index in [2.05, 4.69) is 22.0 Å². The zero-order valence-electron chi connectivity index (χ0n) is 12.7. The van der Waals surface area contributed by atoms with Gasteiger partial charge in [0, 0.05) is 44.7 Å². The molecule has 4 nitrogen and oxygen atoms in total. The maximum Gasteiger partial charge on any atom is 0.222 e. The molecule has 2 fully saturated rings. The minimum atomic E-state index is 0.105. The van der Waals surface area contributed by atoms with E-state index in [9.17, 15) is 4.79 Å². The minimum Gasteiger partial charge on any atom is -0.353 e. The molecule has 2 aliphatic heterocycles. The number of likely N-dealkylation sites (tertiary alicyclic amines) is 2. The summed E-state index contributed by atoms with van der Waals surface area (Å²) in [5.74, 6) is 1.19. The van der Waals surface area contributed by atoms with Crippen molar-refractivity contribution in [3.63, 3.8) is 0 Å². The molecule has 0 saturated carbocycles. The van der Waals surface area contributed by atoms with Crippen molar-refractivity contribution in [2.75, 3.05) is 39.3 Å². The van der Waals surface area contributed by atoms with Gasteiger partial charge in [-0.3, -0.25) is 4.79 Å². The van der Waals surface area contributed by atoms with E-state index < -0.39 is 0 Å². The molecule has 2 heterocycles. The summed E-state index contributed by atoms with van der Waals surface area (Å²) < 4.78 is 0. The van der Waals surface area contributed by atoms with Gasteiger partial charge in [0.15, 0.2) is 0 Å². The molecule has 0 radical (unpaired) electrons. The molecule has 19 heavy (non-hydrogen) atoms. The van der Waals surface area contributed by atoms with Gasteiger partial charge in [0.05, 0.1) is 0 Å². The smallest absolute Gasteiger partial charge is 0.222 e. The van der Waals surface area contributed by atoms with Crippen LogP contribution in [0.3, 0.4) is 0 Å². The predicted octanol–water partition coefficient (Wildman–Crippen LogP) is 1.17. The van der Waals surface area contributed by atoms with Crippen LogP contribution >= 0.6 is 0 Å². The average Bonchev–Trinajstić information content (AvgIpc) is 2.35. The Bertz CT molecular complexity index is 292. The first-order chi connectivity index (χ1) is 9.08. The number of amides is 1. The second-order valence-corrected chi connectivity index (χ2v) is 6.46. The SMILES string of the molecule is CCN1CC(CN2CCC(NC(=O)C(C)C)CC2)C1. The lowest BCUT2D eigenvalue weighted by molar-refractivity contribution is -0.125. The van der Waals surface area contributed by atoms with E-state index in [0.29, 0.717) is 6.04 Å². The Hall–Kier alpha value is -0.610. The van der Waals surface area contributed by atoms with Crippen LogP contribution in [0.2, 0.25) is 0 Å². The van der Waals surface area contributed by atoms with Crippen molar-refractivity contribution in [2.24, 2.45) is 11.8 Å². The fraction of sp³-hybridized carbons (Fsp3) is 0.933. The van der Waals surface area contributed by atoms with Gasteiger partial charge in [-0.1, -0.05) is 20.8 Å². The number of carbonyl (C=O) groups is 1. The molecule has 1 amide bonds. The van der Waals surface area contributed by atoms with E-state index in [1.165, 1.54) is 26.2 Å². The maximum absolute atomic E-state index is 11.7. The van der Waals surface area contributed by atoms with Gasteiger partial charge in [-0.05, 0) is 25.3 Å². The first kappa shape index (κ1) is 14.8. The number of piperidine rings is 1. The quantitative estimate of drug-likeness (QED) is 0.812. The Morgan fingerprint density at radius 1 is 1.21 bits per heavy atom. The number of nitrogens with zero attached hydrogens (tertiary/aromatic N) is 2. The minimum absolute atomic E-state index is 0.105. The summed E-state index contributed by atoms with van der Waals surface area (Å²) in [5, 5.41) is 3.16. The molecule has 0 aromatic heterocycles. The van der Waals surface area contributed by atoms with Crippen LogP contribution in [0.25, 0.3) is 0 Å². The molecule has 110 valence electrons. The fourth-order valence-electron chi connectivity index (χ4n) is 3.04. The van der Waals surface area contributed by atoms with E-state index in [1.807, 2.05) is 13.8 Å². The van der Waals surface area contributed by atoms with E-state index in [-0.39, 0.29) is 11.8 Å². The highest BCUT2D eigenvalue weighted by atomic mass is 16.1. The van der Waals surface area contributed by atoms with Crippen LogP contribution in [0.1, 0.15) is 33.6 Å². The Balaban J connectivity index is 1.61. The topological polar surface area (TPSA) is 35.6 Å². The molecule has 0 unspecified atom stereocenters. The van der Waals surface area contributed by atoms with E-state index in [1.54, 1.807) is 0 Å². The standard InChI is InChI=1S/C15H29N3O/c1-4-17-9-13(10-17)11-18-7-5-14(6-8-18)16-15(19)12(2)3/h12-14H,4-11H2,1-3H3,(H,16,19). The van der Waals surface area contributed by atoms with Gasteiger partial charge in [0.2, 0.25) is 5.91 Å². The second-order valence-electron chi connectivity index (χ2n) is 6.46. The van der Waals surface area contributed by atoms with Gasteiger partial charge in [-0.2, -0.15) is 0 Å². The van der Waals surface area contributed by atoms with Crippen LogP contribution in [0.4, 0.5) is 0 Å². The van der Waals surface area contributed by atoms with Crippen LogP contribution in [-0.2, 0) is 4.79 Å². The highest BCUT2D eigenvalue weighted by molar-refractivity contribution is 5.78. The van der Waals surface area contributed by atoms with E-state index in [4.69, 9.17) is 0 Å². The average molecular weight is 267 g/mol. The van der Waals surface area contributed by atoms with Crippen LogP contribution < -0.4 is 5.32 Å². The van der Waals surface area contributed by atoms with Gasteiger partial charge in [0.1, 0.15) is 0 Å². The molecule has 0 aromatic carbocycles. The monoisotopic (exact) mass is 267 g/mol. The summed E-state index contributed by atoms with van der Waals surface area (Å²) in [7, 11) is 0. The Morgan fingerprint density at radius 3 is 2.37 bits per heavy atom. The van der Waals surface area contributed by atoms with Crippen molar-refractivity contribution < 1.29 is 4.79 Å². The molecule has 0 atom stereocenters. The first-order valence-electron chi connectivity index (χ1n) is 7.83. The summed E-state index contributed by atoms with van der Waals surface area (Å²) in [6.07, 6.45) is 2.23. The van der Waals surface area contributed by atoms with Gasteiger partial charge >= 0.3 is 0 Å². The fourth-order valence-corrected chi connectivity index (χ4v) is 3.04. The zero-order valence-corrected chi connectivity index (χ0v) is 12.7. The third kappa shape index (κ3) is 4.18. The summed E-state index contributed by atoms with van der Waals surface area (Å²) in [4.78, 5) is 16.7. The summed E-state index contributed by atoms with van der Waals surface area (Å²) in [6, 6.07) is 0.402. The zero-order chi connectivity index (χ0) is 13.8. The second kappa shape index (κ2) is 6.71. The molecule has 0 aromatic rings. The molecule has 0 spiro atoms. The number of nitrogens with one attached hydrogen (secondary N) is 1. The Kier molecular flexibility index (Phi) is 5.22. The van der Waals surface area contributed by atoms with E-state index in [0.717, 1.165) is 31.8 Å². The molecular formula is C15H29N3O. The van der Waals surface area contributed by atoms with Crippen molar-refractivity contribution in [1.82, 2.24) is 15.1 Å². The lowest BCUT2D eigenvalue weighted by atomic mass is 9.97. The van der Waals surface area contributed by atoms with Crippen molar-refractivity contribution >= 4 is 5.91 Å². The number of hydrogen-bond donors (Lipinski definition) is 1. The Labute approximate surface area is 117 Å². The number of rotatable bonds is 5. The molecule has 1 N–H and O–H groups in total. The molecule has 2 saturated heterocycles. The Morgan fingerprint density at radius 2 is 1.84 bits per heavy atom. The largest absolute Gasteiger partial charge is 0.353 e. The summed E-state index contributed by atoms with van der Waals surface area (Å²) in [5.41, 5.74) is 0. The number of hydrogen-bond acceptors (Lipinski definition) is 3. The first-order valence-corrected chi connectivity index (χ1v) is 7.83. The normalized spacial score (nSPS) is 23.6. The highest BCUT2D eigenvalue weighted by Gasteiger charge is 2.29. The van der Waals surface area contributed by atoms with Crippen molar-refractivity contribution in [2.45, 2.75) is 39.7 Å². The van der Waals surface area contributed by atoms with E-state index >= 15 is 0 Å². The molecule has 2 aliphatic rings. The van der Waals surface area contributed by atoms with Crippen molar-refractivity contribution in [1.29, 1.82) is 0 Å². The molecule has 0 aliphatic carbocycles.